The van der Waals surface area contributed by atoms with E-state index >= 15 is 0 Å². The SMILES string of the molecule is CC(C)c1cc(C=O)on1. The molecule has 0 spiro atoms. The molecule has 0 amide bonds. The van der Waals surface area contributed by atoms with Crippen LogP contribution in [0.3, 0.4) is 0 Å². The lowest BCUT2D eigenvalue weighted by atomic mass is 10.1. The van der Waals surface area contributed by atoms with Crippen molar-refractivity contribution in [2.24, 2.45) is 0 Å². The zero-order valence-electron chi connectivity index (χ0n) is 6.00. The van der Waals surface area contributed by atoms with Gasteiger partial charge in [0.15, 0.2) is 12.0 Å². The summed E-state index contributed by atoms with van der Waals surface area (Å²) in [6.07, 6.45) is 0.652. The van der Waals surface area contributed by atoms with E-state index in [0.717, 1.165) is 5.69 Å². The van der Waals surface area contributed by atoms with E-state index in [1.807, 2.05) is 13.8 Å². The van der Waals surface area contributed by atoms with E-state index < -0.39 is 0 Å². The van der Waals surface area contributed by atoms with E-state index in [1.165, 1.54) is 0 Å². The normalized spacial score (nSPS) is 10.3. The fraction of sp³-hybridized carbons (Fsp3) is 0.429. The molecule has 1 rings (SSSR count). The molecule has 0 N–H and O–H groups in total. The van der Waals surface area contributed by atoms with Gasteiger partial charge in [0.2, 0.25) is 0 Å². The Morgan fingerprint density at radius 2 is 2.40 bits per heavy atom. The number of rotatable bonds is 2. The minimum atomic E-state index is 0.295. The van der Waals surface area contributed by atoms with Crippen molar-refractivity contribution in [2.45, 2.75) is 19.8 Å². The Labute approximate surface area is 59.0 Å². The van der Waals surface area contributed by atoms with Crippen molar-refractivity contribution in [3.8, 4) is 0 Å². The number of carbonyl (C=O) groups excluding carboxylic acids is 1. The second-order valence-corrected chi connectivity index (χ2v) is 2.43. The van der Waals surface area contributed by atoms with E-state index in [-0.39, 0.29) is 0 Å². The highest BCUT2D eigenvalue weighted by Crippen LogP contribution is 2.12. The summed E-state index contributed by atoms with van der Waals surface area (Å²) >= 11 is 0. The Morgan fingerprint density at radius 1 is 1.70 bits per heavy atom. The molecule has 3 nitrogen and oxygen atoms in total. The van der Waals surface area contributed by atoms with Crippen molar-refractivity contribution in [3.05, 3.63) is 17.5 Å². The first-order valence-corrected chi connectivity index (χ1v) is 3.16. The maximum atomic E-state index is 10.1. The molecule has 10 heavy (non-hydrogen) atoms. The predicted molar refractivity (Wildman–Crippen MR) is 36.0 cm³/mol. The van der Waals surface area contributed by atoms with Gasteiger partial charge in [0.25, 0.3) is 0 Å². The minimum absolute atomic E-state index is 0.295. The fourth-order valence-electron chi connectivity index (χ4n) is 0.631. The highest BCUT2D eigenvalue weighted by Gasteiger charge is 2.05. The maximum absolute atomic E-state index is 10.1. The van der Waals surface area contributed by atoms with Gasteiger partial charge < -0.3 is 4.52 Å². The average Bonchev–Trinajstić information content (AvgIpc) is 2.34. The molecule has 0 fully saturated rings. The van der Waals surface area contributed by atoms with E-state index in [1.54, 1.807) is 6.07 Å². The Balaban J connectivity index is 2.88. The summed E-state index contributed by atoms with van der Waals surface area (Å²) in [6, 6.07) is 1.65. The predicted octanol–water partition coefficient (Wildman–Crippen LogP) is 1.61. The Hall–Kier alpha value is -1.12. The lowest BCUT2D eigenvalue weighted by Crippen LogP contribution is -1.84. The molecule has 0 saturated heterocycles. The van der Waals surface area contributed by atoms with Gasteiger partial charge in [0.05, 0.1) is 5.69 Å². The summed E-state index contributed by atoms with van der Waals surface area (Å²) in [4.78, 5) is 10.1. The smallest absolute Gasteiger partial charge is 0.199 e. The number of aromatic nitrogens is 1. The third-order valence-electron chi connectivity index (χ3n) is 1.25. The van der Waals surface area contributed by atoms with Crippen LogP contribution in [0.4, 0.5) is 0 Å². The number of hydrogen-bond acceptors (Lipinski definition) is 3. The average molecular weight is 139 g/mol. The van der Waals surface area contributed by atoms with Crippen LogP contribution in [-0.2, 0) is 0 Å². The summed E-state index contributed by atoms with van der Waals surface area (Å²) in [5, 5.41) is 3.68. The largest absolute Gasteiger partial charge is 0.353 e. The molecule has 0 saturated carbocycles. The molecule has 0 aliphatic rings. The number of aldehydes is 1. The van der Waals surface area contributed by atoms with Crippen molar-refractivity contribution >= 4 is 6.29 Å². The maximum Gasteiger partial charge on any atom is 0.199 e. The van der Waals surface area contributed by atoms with Gasteiger partial charge in [-0.2, -0.15) is 0 Å². The van der Waals surface area contributed by atoms with Crippen LogP contribution in [-0.4, -0.2) is 11.4 Å². The van der Waals surface area contributed by atoms with Crippen molar-refractivity contribution in [1.29, 1.82) is 0 Å². The van der Waals surface area contributed by atoms with Gasteiger partial charge in [-0.1, -0.05) is 19.0 Å². The minimum Gasteiger partial charge on any atom is -0.353 e. The van der Waals surface area contributed by atoms with Gasteiger partial charge in [-0.15, -0.1) is 0 Å². The van der Waals surface area contributed by atoms with Gasteiger partial charge in [0, 0.05) is 6.07 Å². The van der Waals surface area contributed by atoms with E-state index in [2.05, 4.69) is 9.68 Å². The summed E-state index contributed by atoms with van der Waals surface area (Å²) in [5.74, 6) is 0.612. The fourth-order valence-corrected chi connectivity index (χ4v) is 0.631. The van der Waals surface area contributed by atoms with Crippen LogP contribution in [0, 0.1) is 0 Å². The molecule has 0 bridgehead atoms. The zero-order valence-corrected chi connectivity index (χ0v) is 6.00. The molecule has 1 aromatic rings. The van der Waals surface area contributed by atoms with Crippen molar-refractivity contribution in [1.82, 2.24) is 5.16 Å². The molecule has 0 atom stereocenters. The molecular weight excluding hydrogens is 130 g/mol. The second kappa shape index (κ2) is 2.64. The quantitative estimate of drug-likeness (QED) is 0.584. The van der Waals surface area contributed by atoms with Crippen molar-refractivity contribution in [2.75, 3.05) is 0 Å². The number of nitrogens with zero attached hydrogens (tertiary/aromatic N) is 1. The van der Waals surface area contributed by atoms with Crippen LogP contribution in [0.25, 0.3) is 0 Å². The van der Waals surface area contributed by atoms with Crippen LogP contribution in [0.5, 0.6) is 0 Å². The lowest BCUT2D eigenvalue weighted by molar-refractivity contribution is 0.109. The summed E-state index contributed by atoms with van der Waals surface area (Å²) in [5.41, 5.74) is 0.821. The first-order valence-electron chi connectivity index (χ1n) is 3.16. The van der Waals surface area contributed by atoms with Gasteiger partial charge in [-0.3, -0.25) is 4.79 Å². The Morgan fingerprint density at radius 3 is 2.70 bits per heavy atom. The van der Waals surface area contributed by atoms with Crippen LogP contribution in [0.2, 0.25) is 0 Å². The molecule has 1 aromatic heterocycles. The molecule has 0 aromatic carbocycles. The van der Waals surface area contributed by atoms with Gasteiger partial charge in [0.1, 0.15) is 0 Å². The van der Waals surface area contributed by atoms with Gasteiger partial charge in [-0.25, -0.2) is 0 Å². The molecular formula is C7H9NO2. The number of carbonyl (C=O) groups is 1. The van der Waals surface area contributed by atoms with Crippen molar-refractivity contribution in [3.63, 3.8) is 0 Å². The Kier molecular flexibility index (Phi) is 1.85. The standard InChI is InChI=1S/C7H9NO2/c1-5(2)7-3-6(4-9)10-8-7/h3-5H,1-2H3. The molecule has 3 heteroatoms. The third kappa shape index (κ3) is 1.23. The van der Waals surface area contributed by atoms with Gasteiger partial charge in [-0.05, 0) is 5.92 Å². The van der Waals surface area contributed by atoms with Crippen LogP contribution >= 0.6 is 0 Å². The van der Waals surface area contributed by atoms with E-state index in [9.17, 15) is 4.79 Å². The molecule has 0 aliphatic heterocycles. The van der Waals surface area contributed by atoms with E-state index in [0.29, 0.717) is 18.0 Å². The number of hydrogen-bond donors (Lipinski definition) is 0. The zero-order chi connectivity index (χ0) is 7.56. The monoisotopic (exact) mass is 139 g/mol. The molecule has 1 heterocycles. The molecule has 0 unspecified atom stereocenters. The first kappa shape index (κ1) is 6.99. The topological polar surface area (TPSA) is 43.1 Å². The Bertz CT molecular complexity index is 227. The third-order valence-corrected chi connectivity index (χ3v) is 1.25. The highest BCUT2D eigenvalue weighted by molar-refractivity contribution is 5.70. The van der Waals surface area contributed by atoms with Crippen LogP contribution in [0.1, 0.15) is 36.0 Å². The molecule has 0 radical (unpaired) electrons. The lowest BCUT2D eigenvalue weighted by Gasteiger charge is -1.92. The second-order valence-electron chi connectivity index (χ2n) is 2.43. The van der Waals surface area contributed by atoms with Crippen LogP contribution < -0.4 is 0 Å². The first-order chi connectivity index (χ1) is 4.74. The van der Waals surface area contributed by atoms with Crippen molar-refractivity contribution < 1.29 is 9.32 Å². The molecule has 0 aliphatic carbocycles. The molecule has 54 valence electrons. The van der Waals surface area contributed by atoms with Crippen LogP contribution in [0.15, 0.2) is 10.6 Å². The van der Waals surface area contributed by atoms with E-state index in [4.69, 9.17) is 0 Å². The summed E-state index contributed by atoms with van der Waals surface area (Å²) in [7, 11) is 0. The summed E-state index contributed by atoms with van der Waals surface area (Å²) in [6.45, 7) is 3.98. The van der Waals surface area contributed by atoms with Gasteiger partial charge >= 0.3 is 0 Å². The summed E-state index contributed by atoms with van der Waals surface area (Å²) < 4.78 is 4.66. The highest BCUT2D eigenvalue weighted by atomic mass is 16.5.